The normalized spacial score (nSPS) is 10.4. The molecule has 2 rings (SSSR count). The van der Waals surface area contributed by atoms with Gasteiger partial charge in [0.15, 0.2) is 0 Å². The molecule has 122 valence electrons. The topological polar surface area (TPSA) is 45.2 Å². The van der Waals surface area contributed by atoms with Gasteiger partial charge in [-0.05, 0) is 56.0 Å². The Labute approximate surface area is 142 Å². The lowest BCUT2D eigenvalue weighted by atomic mass is 10.2. The Morgan fingerprint density at radius 3 is 2.43 bits per heavy atom. The van der Waals surface area contributed by atoms with Crippen molar-refractivity contribution >= 4 is 29.0 Å². The Morgan fingerprint density at radius 2 is 1.83 bits per heavy atom. The smallest absolute Gasteiger partial charge is 0.255 e. The largest absolute Gasteiger partial charge is 0.372 e. The summed E-state index contributed by atoms with van der Waals surface area (Å²) in [6, 6.07) is 11.5. The van der Waals surface area contributed by atoms with Crippen LogP contribution in [0.25, 0.3) is 0 Å². The number of nitrogens with zero attached hydrogens (tertiary/aromatic N) is 2. The number of nitrogens with one attached hydrogen (secondary N) is 1. The molecule has 0 aliphatic heterocycles. The molecule has 0 fully saturated rings. The SMILES string of the molecule is CCSc1cc(C(=O)Nc2ccc(N(CC)CC)cc2)ccn1. The van der Waals surface area contributed by atoms with Gasteiger partial charge in [-0.25, -0.2) is 4.98 Å². The van der Waals surface area contributed by atoms with E-state index in [1.165, 1.54) is 5.69 Å². The second-order valence-electron chi connectivity index (χ2n) is 4.99. The number of carbonyl (C=O) groups excluding carboxylic acids is 1. The van der Waals surface area contributed by atoms with Crippen molar-refractivity contribution in [2.24, 2.45) is 0 Å². The Balaban J connectivity index is 2.06. The van der Waals surface area contributed by atoms with E-state index in [-0.39, 0.29) is 5.91 Å². The number of hydrogen-bond donors (Lipinski definition) is 1. The molecule has 2 aromatic rings. The van der Waals surface area contributed by atoms with Crippen molar-refractivity contribution in [1.29, 1.82) is 0 Å². The van der Waals surface area contributed by atoms with Crippen molar-refractivity contribution in [3.8, 4) is 0 Å². The van der Waals surface area contributed by atoms with Crippen LogP contribution in [0.5, 0.6) is 0 Å². The number of aromatic nitrogens is 1. The molecule has 0 unspecified atom stereocenters. The zero-order chi connectivity index (χ0) is 16.7. The summed E-state index contributed by atoms with van der Waals surface area (Å²) in [5.74, 6) is 0.825. The lowest BCUT2D eigenvalue weighted by Crippen LogP contribution is -2.21. The number of hydrogen-bond acceptors (Lipinski definition) is 4. The van der Waals surface area contributed by atoms with Gasteiger partial charge in [0.05, 0.1) is 5.03 Å². The summed E-state index contributed by atoms with van der Waals surface area (Å²) in [6.07, 6.45) is 1.68. The maximum absolute atomic E-state index is 12.3. The summed E-state index contributed by atoms with van der Waals surface area (Å²) >= 11 is 1.63. The third kappa shape index (κ3) is 4.73. The highest BCUT2D eigenvalue weighted by Gasteiger charge is 2.08. The van der Waals surface area contributed by atoms with Crippen LogP contribution in [0, 0.1) is 0 Å². The Bertz CT molecular complexity index is 639. The molecule has 0 atom stereocenters. The molecule has 0 aliphatic carbocycles. The predicted molar refractivity (Wildman–Crippen MR) is 98.6 cm³/mol. The third-order valence-electron chi connectivity index (χ3n) is 3.54. The molecule has 0 bridgehead atoms. The van der Waals surface area contributed by atoms with Crippen molar-refractivity contribution in [2.75, 3.05) is 29.1 Å². The van der Waals surface area contributed by atoms with Crippen LogP contribution >= 0.6 is 11.8 Å². The summed E-state index contributed by atoms with van der Waals surface area (Å²) in [5, 5.41) is 3.81. The van der Waals surface area contributed by atoms with Crippen molar-refractivity contribution < 1.29 is 4.79 Å². The van der Waals surface area contributed by atoms with Gasteiger partial charge in [0.2, 0.25) is 0 Å². The van der Waals surface area contributed by atoms with Crippen molar-refractivity contribution in [2.45, 2.75) is 25.8 Å². The van der Waals surface area contributed by atoms with Crippen molar-refractivity contribution in [1.82, 2.24) is 4.98 Å². The molecule has 0 aliphatic rings. The second-order valence-corrected chi connectivity index (χ2v) is 6.27. The monoisotopic (exact) mass is 329 g/mol. The van der Waals surface area contributed by atoms with Crippen LogP contribution in [0.1, 0.15) is 31.1 Å². The van der Waals surface area contributed by atoms with E-state index in [0.29, 0.717) is 5.56 Å². The van der Waals surface area contributed by atoms with Crippen LogP contribution in [0.3, 0.4) is 0 Å². The van der Waals surface area contributed by atoms with Gasteiger partial charge in [0.25, 0.3) is 5.91 Å². The number of thioether (sulfide) groups is 1. The molecule has 23 heavy (non-hydrogen) atoms. The number of amides is 1. The number of anilines is 2. The molecule has 1 aromatic heterocycles. The number of rotatable bonds is 7. The average molecular weight is 329 g/mol. The Hall–Kier alpha value is -2.01. The zero-order valence-electron chi connectivity index (χ0n) is 13.9. The van der Waals surface area contributed by atoms with Crippen LogP contribution in [0.2, 0.25) is 0 Å². The van der Waals surface area contributed by atoms with E-state index in [2.05, 4.69) is 36.0 Å². The first-order valence-corrected chi connectivity index (χ1v) is 8.91. The van der Waals surface area contributed by atoms with E-state index in [0.717, 1.165) is 29.6 Å². The molecule has 0 saturated heterocycles. The van der Waals surface area contributed by atoms with Crippen LogP contribution in [0.4, 0.5) is 11.4 Å². The molecular formula is C18H23N3OS. The standard InChI is InChI=1S/C18H23N3OS/c1-4-21(5-2)16-9-7-15(8-10-16)20-18(22)14-11-12-19-17(13-14)23-6-3/h7-13H,4-6H2,1-3H3,(H,20,22). The maximum atomic E-state index is 12.3. The summed E-state index contributed by atoms with van der Waals surface area (Å²) in [7, 11) is 0. The molecular weight excluding hydrogens is 306 g/mol. The fourth-order valence-corrected chi connectivity index (χ4v) is 2.97. The van der Waals surface area contributed by atoms with Crippen LogP contribution < -0.4 is 10.2 Å². The highest BCUT2D eigenvalue weighted by atomic mass is 32.2. The first-order chi connectivity index (χ1) is 11.2. The first kappa shape index (κ1) is 17.3. The fraction of sp³-hybridized carbons (Fsp3) is 0.333. The van der Waals surface area contributed by atoms with Gasteiger partial charge < -0.3 is 10.2 Å². The minimum absolute atomic E-state index is 0.110. The van der Waals surface area contributed by atoms with E-state index in [9.17, 15) is 4.79 Å². The van der Waals surface area contributed by atoms with E-state index in [1.54, 1.807) is 24.0 Å². The zero-order valence-corrected chi connectivity index (χ0v) is 14.7. The molecule has 1 amide bonds. The third-order valence-corrected chi connectivity index (χ3v) is 4.35. The fourth-order valence-electron chi connectivity index (χ4n) is 2.33. The van der Waals surface area contributed by atoms with Gasteiger partial charge in [-0.1, -0.05) is 6.92 Å². The number of pyridine rings is 1. The van der Waals surface area contributed by atoms with Crippen molar-refractivity contribution in [3.63, 3.8) is 0 Å². The van der Waals surface area contributed by atoms with Crippen LogP contribution in [0.15, 0.2) is 47.6 Å². The van der Waals surface area contributed by atoms with Gasteiger partial charge in [0, 0.05) is 36.2 Å². The van der Waals surface area contributed by atoms with Gasteiger partial charge in [-0.15, -0.1) is 11.8 Å². The molecule has 0 spiro atoms. The minimum atomic E-state index is -0.110. The number of carbonyl (C=O) groups is 1. The lowest BCUT2D eigenvalue weighted by molar-refractivity contribution is 0.102. The van der Waals surface area contributed by atoms with Gasteiger partial charge in [0.1, 0.15) is 0 Å². The van der Waals surface area contributed by atoms with E-state index >= 15 is 0 Å². The number of benzene rings is 1. The quantitative estimate of drug-likeness (QED) is 0.770. The molecule has 1 N–H and O–H groups in total. The van der Waals surface area contributed by atoms with Gasteiger partial charge in [-0.2, -0.15) is 0 Å². The molecule has 4 nitrogen and oxygen atoms in total. The average Bonchev–Trinajstić information content (AvgIpc) is 2.58. The second kappa shape index (κ2) is 8.58. The van der Waals surface area contributed by atoms with E-state index in [1.807, 2.05) is 30.3 Å². The first-order valence-electron chi connectivity index (χ1n) is 7.93. The highest BCUT2D eigenvalue weighted by molar-refractivity contribution is 7.99. The van der Waals surface area contributed by atoms with E-state index in [4.69, 9.17) is 0 Å². The molecule has 0 saturated carbocycles. The highest BCUT2D eigenvalue weighted by Crippen LogP contribution is 2.19. The summed E-state index contributed by atoms with van der Waals surface area (Å²) < 4.78 is 0. The lowest BCUT2D eigenvalue weighted by Gasteiger charge is -2.21. The van der Waals surface area contributed by atoms with Crippen LogP contribution in [-0.4, -0.2) is 29.7 Å². The van der Waals surface area contributed by atoms with Gasteiger partial charge >= 0.3 is 0 Å². The predicted octanol–water partition coefficient (Wildman–Crippen LogP) is 4.29. The summed E-state index contributed by atoms with van der Waals surface area (Å²) in [4.78, 5) is 18.9. The minimum Gasteiger partial charge on any atom is -0.372 e. The molecule has 1 heterocycles. The summed E-state index contributed by atoms with van der Waals surface area (Å²) in [5.41, 5.74) is 2.59. The maximum Gasteiger partial charge on any atom is 0.255 e. The summed E-state index contributed by atoms with van der Waals surface area (Å²) in [6.45, 7) is 8.27. The molecule has 0 radical (unpaired) electrons. The molecule has 1 aromatic carbocycles. The molecule has 5 heteroatoms. The van der Waals surface area contributed by atoms with Gasteiger partial charge in [-0.3, -0.25) is 4.79 Å². The van der Waals surface area contributed by atoms with E-state index < -0.39 is 0 Å². The van der Waals surface area contributed by atoms with Crippen LogP contribution in [-0.2, 0) is 0 Å². The van der Waals surface area contributed by atoms with Crippen molar-refractivity contribution in [3.05, 3.63) is 48.2 Å². The Morgan fingerprint density at radius 1 is 1.13 bits per heavy atom. The Kier molecular flexibility index (Phi) is 6.47.